The van der Waals surface area contributed by atoms with Crippen LogP contribution in [0.15, 0.2) is 54.6 Å². The molecule has 0 radical (unpaired) electrons. The standard InChI is InChI=1S/C15H15IOS/c16-14-8-6-13(7-9-14)15(17)11-18-10-12-4-2-1-3-5-12/h1-9,15,17H,10-11H2. The Bertz CT molecular complexity index is 470. The van der Waals surface area contributed by atoms with E-state index in [0.717, 1.165) is 17.1 Å². The molecule has 1 unspecified atom stereocenters. The molecule has 2 aromatic carbocycles. The van der Waals surface area contributed by atoms with Crippen LogP contribution in [-0.2, 0) is 5.75 Å². The highest BCUT2D eigenvalue weighted by molar-refractivity contribution is 14.1. The van der Waals surface area contributed by atoms with Crippen LogP contribution >= 0.6 is 34.4 Å². The SMILES string of the molecule is OC(CSCc1ccccc1)c1ccc(I)cc1. The van der Waals surface area contributed by atoms with Crippen molar-refractivity contribution in [2.24, 2.45) is 0 Å². The first-order valence-electron chi connectivity index (χ1n) is 5.81. The lowest BCUT2D eigenvalue weighted by molar-refractivity contribution is 0.204. The summed E-state index contributed by atoms with van der Waals surface area (Å²) in [5.41, 5.74) is 2.30. The van der Waals surface area contributed by atoms with Gasteiger partial charge in [-0.3, -0.25) is 0 Å². The van der Waals surface area contributed by atoms with Gasteiger partial charge in [-0.15, -0.1) is 0 Å². The van der Waals surface area contributed by atoms with Crippen molar-refractivity contribution in [2.45, 2.75) is 11.9 Å². The lowest BCUT2D eigenvalue weighted by atomic mass is 10.1. The number of thioether (sulfide) groups is 1. The van der Waals surface area contributed by atoms with Gasteiger partial charge in [-0.25, -0.2) is 0 Å². The van der Waals surface area contributed by atoms with Gasteiger partial charge < -0.3 is 5.11 Å². The summed E-state index contributed by atoms with van der Waals surface area (Å²) in [5, 5.41) is 10.1. The van der Waals surface area contributed by atoms with E-state index in [1.54, 1.807) is 11.8 Å². The Morgan fingerprint density at radius 2 is 1.67 bits per heavy atom. The highest BCUT2D eigenvalue weighted by atomic mass is 127. The minimum atomic E-state index is -0.379. The maximum Gasteiger partial charge on any atom is 0.0880 e. The maximum atomic E-state index is 10.1. The van der Waals surface area contributed by atoms with Crippen molar-refractivity contribution in [1.29, 1.82) is 0 Å². The van der Waals surface area contributed by atoms with Crippen molar-refractivity contribution in [1.82, 2.24) is 0 Å². The molecule has 1 atom stereocenters. The van der Waals surface area contributed by atoms with Crippen LogP contribution in [0, 0.1) is 3.57 Å². The van der Waals surface area contributed by atoms with Gasteiger partial charge in [0.15, 0.2) is 0 Å². The molecule has 2 aromatic rings. The van der Waals surface area contributed by atoms with E-state index in [0.29, 0.717) is 0 Å². The lowest BCUT2D eigenvalue weighted by Crippen LogP contribution is -2.00. The zero-order valence-corrected chi connectivity index (χ0v) is 12.9. The van der Waals surface area contributed by atoms with Crippen molar-refractivity contribution in [3.63, 3.8) is 0 Å². The van der Waals surface area contributed by atoms with E-state index in [-0.39, 0.29) is 6.10 Å². The van der Waals surface area contributed by atoms with Gasteiger partial charge in [-0.05, 0) is 45.9 Å². The molecule has 0 spiro atoms. The van der Waals surface area contributed by atoms with Gasteiger partial charge >= 0.3 is 0 Å². The molecule has 0 heterocycles. The van der Waals surface area contributed by atoms with Crippen molar-refractivity contribution >= 4 is 34.4 Å². The summed E-state index contributed by atoms with van der Waals surface area (Å²) in [6.07, 6.45) is -0.379. The van der Waals surface area contributed by atoms with E-state index in [9.17, 15) is 5.11 Å². The van der Waals surface area contributed by atoms with Crippen LogP contribution in [0.25, 0.3) is 0 Å². The molecule has 0 aliphatic heterocycles. The highest BCUT2D eigenvalue weighted by Gasteiger charge is 2.07. The van der Waals surface area contributed by atoms with Crippen LogP contribution in [0.1, 0.15) is 17.2 Å². The fourth-order valence-corrected chi connectivity index (χ4v) is 2.97. The topological polar surface area (TPSA) is 20.2 Å². The van der Waals surface area contributed by atoms with Gasteiger partial charge in [0.1, 0.15) is 0 Å². The van der Waals surface area contributed by atoms with Crippen LogP contribution in [0.4, 0.5) is 0 Å². The Morgan fingerprint density at radius 3 is 2.33 bits per heavy atom. The number of rotatable bonds is 5. The quantitative estimate of drug-likeness (QED) is 0.794. The number of benzene rings is 2. The molecule has 0 aromatic heterocycles. The summed E-state index contributed by atoms with van der Waals surface area (Å²) in [6, 6.07) is 18.4. The largest absolute Gasteiger partial charge is 0.388 e. The summed E-state index contributed by atoms with van der Waals surface area (Å²) in [5.74, 6) is 1.68. The van der Waals surface area contributed by atoms with Crippen LogP contribution in [0.5, 0.6) is 0 Å². The molecule has 0 amide bonds. The predicted octanol–water partition coefficient (Wildman–Crippen LogP) is 4.26. The Labute approximate surface area is 126 Å². The third kappa shape index (κ3) is 4.30. The minimum absolute atomic E-state index is 0.379. The molecule has 0 saturated carbocycles. The molecule has 94 valence electrons. The highest BCUT2D eigenvalue weighted by Crippen LogP contribution is 2.21. The molecule has 0 aliphatic carbocycles. The molecule has 0 fully saturated rings. The molecular weight excluding hydrogens is 355 g/mol. The second kappa shape index (κ2) is 7.16. The molecule has 18 heavy (non-hydrogen) atoms. The zero-order chi connectivity index (χ0) is 12.8. The van der Waals surface area contributed by atoms with E-state index in [2.05, 4.69) is 34.7 Å². The zero-order valence-electron chi connectivity index (χ0n) is 9.92. The first kappa shape index (κ1) is 13.9. The third-order valence-electron chi connectivity index (χ3n) is 2.64. The van der Waals surface area contributed by atoms with Gasteiger partial charge in [-0.1, -0.05) is 42.5 Å². The van der Waals surface area contributed by atoms with Crippen LogP contribution in [0.2, 0.25) is 0 Å². The second-order valence-electron chi connectivity index (χ2n) is 4.07. The minimum Gasteiger partial charge on any atom is -0.388 e. The Balaban J connectivity index is 1.81. The van der Waals surface area contributed by atoms with Crippen molar-refractivity contribution in [3.05, 3.63) is 69.3 Å². The molecule has 0 aliphatic rings. The fraction of sp³-hybridized carbons (Fsp3) is 0.200. The smallest absolute Gasteiger partial charge is 0.0880 e. The summed E-state index contributed by atoms with van der Waals surface area (Å²) >= 11 is 4.03. The van der Waals surface area contributed by atoms with Crippen LogP contribution in [0.3, 0.4) is 0 Å². The van der Waals surface area contributed by atoms with E-state index in [1.165, 1.54) is 9.13 Å². The van der Waals surface area contributed by atoms with Crippen molar-refractivity contribution in [3.8, 4) is 0 Å². The average Bonchev–Trinajstić information content (AvgIpc) is 2.40. The molecule has 1 N–H and O–H groups in total. The van der Waals surface area contributed by atoms with E-state index < -0.39 is 0 Å². The van der Waals surface area contributed by atoms with Crippen molar-refractivity contribution < 1.29 is 5.11 Å². The third-order valence-corrected chi connectivity index (χ3v) is 4.45. The van der Waals surface area contributed by atoms with Crippen LogP contribution < -0.4 is 0 Å². The van der Waals surface area contributed by atoms with Gasteiger partial charge in [-0.2, -0.15) is 11.8 Å². The molecule has 3 heteroatoms. The van der Waals surface area contributed by atoms with Gasteiger partial charge in [0.25, 0.3) is 0 Å². The predicted molar refractivity (Wildman–Crippen MR) is 86.7 cm³/mol. The Hall–Kier alpha value is -0.520. The summed E-state index contributed by atoms with van der Waals surface area (Å²) in [4.78, 5) is 0. The first-order chi connectivity index (χ1) is 8.75. The van der Waals surface area contributed by atoms with Gasteiger partial charge in [0.05, 0.1) is 6.10 Å². The number of aliphatic hydroxyl groups excluding tert-OH is 1. The molecule has 1 nitrogen and oxygen atoms in total. The number of aliphatic hydroxyl groups is 1. The van der Waals surface area contributed by atoms with E-state index in [1.807, 2.05) is 42.5 Å². The fourth-order valence-electron chi connectivity index (χ4n) is 1.64. The summed E-state index contributed by atoms with van der Waals surface area (Å²) in [6.45, 7) is 0. The lowest BCUT2D eigenvalue weighted by Gasteiger charge is -2.10. The van der Waals surface area contributed by atoms with Gasteiger partial charge in [0.2, 0.25) is 0 Å². The number of hydrogen-bond donors (Lipinski definition) is 1. The summed E-state index contributed by atoms with van der Waals surface area (Å²) < 4.78 is 1.19. The monoisotopic (exact) mass is 370 g/mol. The van der Waals surface area contributed by atoms with Gasteiger partial charge in [0, 0.05) is 15.1 Å². The van der Waals surface area contributed by atoms with E-state index in [4.69, 9.17) is 0 Å². The average molecular weight is 370 g/mol. The molecule has 0 bridgehead atoms. The molecular formula is C15H15IOS. The number of halogens is 1. The summed E-state index contributed by atoms with van der Waals surface area (Å²) in [7, 11) is 0. The van der Waals surface area contributed by atoms with Crippen LogP contribution in [-0.4, -0.2) is 10.9 Å². The van der Waals surface area contributed by atoms with E-state index >= 15 is 0 Å². The normalized spacial score (nSPS) is 12.3. The van der Waals surface area contributed by atoms with Crippen molar-refractivity contribution in [2.75, 3.05) is 5.75 Å². The molecule has 2 rings (SSSR count). The first-order valence-corrected chi connectivity index (χ1v) is 8.04. The molecule has 0 saturated heterocycles. The maximum absolute atomic E-state index is 10.1. The number of hydrogen-bond acceptors (Lipinski definition) is 2. The Morgan fingerprint density at radius 1 is 1.00 bits per heavy atom. The Kier molecular flexibility index (Phi) is 5.53. The second-order valence-corrected chi connectivity index (χ2v) is 6.34.